The van der Waals surface area contributed by atoms with E-state index in [0.717, 1.165) is 0 Å². The van der Waals surface area contributed by atoms with Crippen molar-refractivity contribution in [3.8, 4) is 11.1 Å². The molecule has 0 aliphatic carbocycles. The molecular formula is C17H15P. The molecule has 18 heavy (non-hydrogen) atoms. The van der Waals surface area contributed by atoms with Crippen molar-refractivity contribution in [3.05, 3.63) is 78.6 Å². The molecule has 0 aromatic heterocycles. The first-order chi connectivity index (χ1) is 8.95. The lowest BCUT2D eigenvalue weighted by Crippen LogP contribution is -2.01. The molecule has 1 atom stereocenters. The number of rotatable bonds is 2. The highest BCUT2D eigenvalue weighted by molar-refractivity contribution is 7.68. The van der Waals surface area contributed by atoms with Crippen LogP contribution in [0.1, 0.15) is 0 Å². The first-order valence-electron chi connectivity index (χ1n) is 6.15. The van der Waals surface area contributed by atoms with Crippen LogP contribution in [0.2, 0.25) is 0 Å². The van der Waals surface area contributed by atoms with Gasteiger partial charge in [-0.1, -0.05) is 92.0 Å². The van der Waals surface area contributed by atoms with Crippen LogP contribution in [0.25, 0.3) is 11.1 Å². The molecule has 2 aromatic rings. The molecule has 88 valence electrons. The standard InChI is InChI=1S/C17H15P/c1-3-9-15(10-4-1)16-11-5-6-12-17(16)18-13-7-2-8-14-18/h1-14,18H. The highest BCUT2D eigenvalue weighted by Crippen LogP contribution is 2.31. The SMILES string of the molecule is C1=CC=[PH](c2ccccc2-c2ccccc2)C=C1. The minimum Gasteiger partial charge on any atom is -0.0690 e. The number of allylic oxidation sites excluding steroid dienone is 3. The summed E-state index contributed by atoms with van der Waals surface area (Å²) in [5, 5.41) is 1.47. The van der Waals surface area contributed by atoms with Gasteiger partial charge in [-0.05, 0) is 16.4 Å². The Hall–Kier alpha value is -1.78. The molecule has 0 amide bonds. The smallest absolute Gasteiger partial charge is 0.0107 e. The lowest BCUT2D eigenvalue weighted by Gasteiger charge is -2.12. The van der Waals surface area contributed by atoms with Gasteiger partial charge < -0.3 is 0 Å². The summed E-state index contributed by atoms with van der Waals surface area (Å²) in [7, 11) is -0.695. The summed E-state index contributed by atoms with van der Waals surface area (Å²) in [6.45, 7) is 0. The molecule has 0 nitrogen and oxygen atoms in total. The Bertz CT molecular complexity index is 634. The van der Waals surface area contributed by atoms with Crippen LogP contribution >= 0.6 is 7.55 Å². The normalized spacial score (nSPS) is 17.4. The Morgan fingerprint density at radius 2 is 1.44 bits per heavy atom. The summed E-state index contributed by atoms with van der Waals surface area (Å²) in [5.74, 6) is 4.68. The van der Waals surface area contributed by atoms with Crippen LogP contribution < -0.4 is 5.30 Å². The van der Waals surface area contributed by atoms with Crippen molar-refractivity contribution >= 4 is 18.6 Å². The van der Waals surface area contributed by atoms with Crippen LogP contribution in [0.5, 0.6) is 0 Å². The minimum absolute atomic E-state index is 0.695. The van der Waals surface area contributed by atoms with E-state index in [9.17, 15) is 0 Å². The molecule has 0 saturated heterocycles. The Balaban J connectivity index is 2.14. The molecule has 0 radical (unpaired) electrons. The van der Waals surface area contributed by atoms with E-state index < -0.39 is 7.55 Å². The molecule has 1 aliphatic rings. The van der Waals surface area contributed by atoms with Gasteiger partial charge in [0.15, 0.2) is 0 Å². The molecule has 0 bridgehead atoms. The second-order valence-corrected chi connectivity index (χ2v) is 6.39. The van der Waals surface area contributed by atoms with Gasteiger partial charge in [-0.15, -0.1) is 0 Å². The van der Waals surface area contributed by atoms with Gasteiger partial charge in [0.1, 0.15) is 0 Å². The molecule has 0 N–H and O–H groups in total. The highest BCUT2D eigenvalue weighted by atomic mass is 31.1. The van der Waals surface area contributed by atoms with Crippen molar-refractivity contribution < 1.29 is 0 Å². The van der Waals surface area contributed by atoms with Crippen molar-refractivity contribution in [2.45, 2.75) is 0 Å². The van der Waals surface area contributed by atoms with E-state index in [2.05, 4.69) is 84.4 Å². The molecule has 1 aliphatic heterocycles. The molecule has 0 spiro atoms. The lowest BCUT2D eigenvalue weighted by molar-refractivity contribution is 1.65. The zero-order chi connectivity index (χ0) is 12.2. The lowest BCUT2D eigenvalue weighted by atomic mass is 10.1. The third kappa shape index (κ3) is 2.25. The van der Waals surface area contributed by atoms with E-state index >= 15 is 0 Å². The fraction of sp³-hybridized carbons (Fsp3) is 0. The van der Waals surface area contributed by atoms with Gasteiger partial charge in [0.05, 0.1) is 0 Å². The largest absolute Gasteiger partial charge is 0.0690 e. The van der Waals surface area contributed by atoms with Gasteiger partial charge in [-0.3, -0.25) is 0 Å². The van der Waals surface area contributed by atoms with Crippen molar-refractivity contribution in [2.75, 3.05) is 0 Å². The molecule has 1 heteroatoms. The molecule has 1 unspecified atom stereocenters. The van der Waals surface area contributed by atoms with Gasteiger partial charge in [0.25, 0.3) is 0 Å². The van der Waals surface area contributed by atoms with Gasteiger partial charge in [-0.2, -0.15) is 0 Å². The van der Waals surface area contributed by atoms with E-state index in [0.29, 0.717) is 0 Å². The van der Waals surface area contributed by atoms with E-state index in [1.807, 2.05) is 0 Å². The van der Waals surface area contributed by atoms with Crippen molar-refractivity contribution in [1.29, 1.82) is 0 Å². The Morgan fingerprint density at radius 3 is 2.22 bits per heavy atom. The predicted molar refractivity (Wildman–Crippen MR) is 84.2 cm³/mol. The molecule has 2 aromatic carbocycles. The van der Waals surface area contributed by atoms with Crippen molar-refractivity contribution in [2.24, 2.45) is 0 Å². The topological polar surface area (TPSA) is 0 Å². The molecular weight excluding hydrogens is 235 g/mol. The van der Waals surface area contributed by atoms with E-state index in [1.165, 1.54) is 16.4 Å². The Morgan fingerprint density at radius 1 is 0.667 bits per heavy atom. The molecule has 0 fully saturated rings. The van der Waals surface area contributed by atoms with Crippen LogP contribution in [-0.2, 0) is 0 Å². The molecule has 1 heterocycles. The summed E-state index contributed by atoms with van der Waals surface area (Å²) in [6.07, 6.45) is 6.42. The Kier molecular flexibility index (Phi) is 3.30. The Labute approximate surface area is 109 Å². The number of hydrogen-bond donors (Lipinski definition) is 0. The summed E-state index contributed by atoms with van der Waals surface area (Å²) >= 11 is 0. The van der Waals surface area contributed by atoms with Crippen molar-refractivity contribution in [1.82, 2.24) is 0 Å². The van der Waals surface area contributed by atoms with Crippen LogP contribution in [0.3, 0.4) is 0 Å². The van der Waals surface area contributed by atoms with Gasteiger partial charge in [0, 0.05) is 0 Å². The maximum absolute atomic E-state index is 2.34. The van der Waals surface area contributed by atoms with Crippen LogP contribution in [0.15, 0.2) is 78.6 Å². The second-order valence-electron chi connectivity index (χ2n) is 4.28. The zero-order valence-electron chi connectivity index (χ0n) is 10.1. The maximum Gasteiger partial charge on any atom is -0.0107 e. The average molecular weight is 250 g/mol. The van der Waals surface area contributed by atoms with Gasteiger partial charge in [0.2, 0.25) is 0 Å². The summed E-state index contributed by atoms with van der Waals surface area (Å²) in [6, 6.07) is 19.4. The monoisotopic (exact) mass is 250 g/mol. The summed E-state index contributed by atoms with van der Waals surface area (Å²) < 4.78 is 0. The highest BCUT2D eigenvalue weighted by Gasteiger charge is 2.06. The molecule has 3 rings (SSSR count). The van der Waals surface area contributed by atoms with Gasteiger partial charge in [-0.25, -0.2) is 0 Å². The van der Waals surface area contributed by atoms with Crippen LogP contribution in [0, 0.1) is 0 Å². The predicted octanol–water partition coefficient (Wildman–Crippen LogP) is 4.08. The second kappa shape index (κ2) is 5.25. The fourth-order valence-electron chi connectivity index (χ4n) is 2.22. The zero-order valence-corrected chi connectivity index (χ0v) is 11.1. The first-order valence-corrected chi connectivity index (χ1v) is 7.80. The van der Waals surface area contributed by atoms with E-state index in [4.69, 9.17) is 0 Å². The van der Waals surface area contributed by atoms with Crippen LogP contribution in [-0.4, -0.2) is 5.80 Å². The third-order valence-corrected chi connectivity index (χ3v) is 5.26. The fourth-order valence-corrected chi connectivity index (χ4v) is 4.16. The third-order valence-electron chi connectivity index (χ3n) is 3.10. The van der Waals surface area contributed by atoms with E-state index in [1.54, 1.807) is 0 Å². The average Bonchev–Trinajstić information content (AvgIpc) is 2.49. The van der Waals surface area contributed by atoms with E-state index in [-0.39, 0.29) is 0 Å². The maximum atomic E-state index is 2.34. The molecule has 0 saturated carbocycles. The quantitative estimate of drug-likeness (QED) is 0.704. The van der Waals surface area contributed by atoms with Crippen LogP contribution in [0.4, 0.5) is 0 Å². The van der Waals surface area contributed by atoms with Gasteiger partial charge >= 0.3 is 0 Å². The minimum atomic E-state index is -0.695. The van der Waals surface area contributed by atoms with Crippen molar-refractivity contribution in [3.63, 3.8) is 0 Å². The summed E-state index contributed by atoms with van der Waals surface area (Å²) in [5.41, 5.74) is 2.67. The number of hydrogen-bond acceptors (Lipinski definition) is 0. The number of benzene rings is 2. The first kappa shape index (κ1) is 11.3. The summed E-state index contributed by atoms with van der Waals surface area (Å²) in [4.78, 5) is 0.